The van der Waals surface area contributed by atoms with Crippen LogP contribution in [-0.4, -0.2) is 43.0 Å². The summed E-state index contributed by atoms with van der Waals surface area (Å²) in [5, 5.41) is 3.04. The van der Waals surface area contributed by atoms with Crippen molar-refractivity contribution in [3.05, 3.63) is 29.8 Å². The quantitative estimate of drug-likeness (QED) is 0.653. The smallest absolute Gasteiger partial charge is 0.242 e. The summed E-state index contributed by atoms with van der Waals surface area (Å²) < 4.78 is 5.62. The van der Waals surface area contributed by atoms with E-state index in [9.17, 15) is 4.79 Å². The molecule has 0 aliphatic carbocycles. The zero-order valence-corrected chi connectivity index (χ0v) is 14.2. The Morgan fingerprint density at radius 1 is 1.33 bits per heavy atom. The van der Waals surface area contributed by atoms with Gasteiger partial charge in [-0.25, -0.2) is 4.99 Å². The van der Waals surface area contributed by atoms with E-state index in [0.717, 1.165) is 49.6 Å². The van der Waals surface area contributed by atoms with Crippen LogP contribution in [0.2, 0.25) is 0 Å². The maximum atomic E-state index is 12.2. The average molecular weight is 330 g/mol. The van der Waals surface area contributed by atoms with Gasteiger partial charge in [-0.2, -0.15) is 0 Å². The molecule has 1 atom stereocenters. The number of para-hydroxylation sites is 1. The molecule has 130 valence electrons. The van der Waals surface area contributed by atoms with E-state index in [2.05, 4.69) is 22.1 Å². The maximum absolute atomic E-state index is 12.2. The molecule has 6 heteroatoms. The van der Waals surface area contributed by atoms with Crippen LogP contribution >= 0.6 is 0 Å². The lowest BCUT2D eigenvalue weighted by Crippen LogP contribution is -2.43. The van der Waals surface area contributed by atoms with Gasteiger partial charge in [-0.15, -0.1) is 0 Å². The number of nitrogens with zero attached hydrogens (tertiary/aromatic N) is 2. The van der Waals surface area contributed by atoms with Crippen LogP contribution in [0.4, 0.5) is 0 Å². The Bertz CT molecular complexity index is 609. The number of fused-ring (bicyclic) bond motifs is 1. The van der Waals surface area contributed by atoms with E-state index >= 15 is 0 Å². The van der Waals surface area contributed by atoms with Gasteiger partial charge in [0.25, 0.3) is 0 Å². The minimum atomic E-state index is -0.106. The van der Waals surface area contributed by atoms with Gasteiger partial charge >= 0.3 is 0 Å². The molecule has 3 rings (SSSR count). The number of carbonyl (C=O) groups is 1. The van der Waals surface area contributed by atoms with Gasteiger partial charge in [0.15, 0.2) is 5.96 Å². The Hall–Kier alpha value is -2.24. The van der Waals surface area contributed by atoms with Crippen LogP contribution < -0.4 is 15.8 Å². The van der Waals surface area contributed by atoms with Crippen molar-refractivity contribution in [2.45, 2.75) is 32.2 Å². The molecule has 1 amide bonds. The molecule has 1 saturated heterocycles. The predicted molar refractivity (Wildman–Crippen MR) is 93.9 cm³/mol. The van der Waals surface area contributed by atoms with Gasteiger partial charge in [0, 0.05) is 25.1 Å². The molecule has 1 unspecified atom stereocenters. The summed E-state index contributed by atoms with van der Waals surface area (Å²) in [5.74, 6) is 1.96. The number of aliphatic imine (C=N–C) groups is 1. The van der Waals surface area contributed by atoms with Crippen LogP contribution in [0.3, 0.4) is 0 Å². The molecule has 2 heterocycles. The first-order valence-corrected chi connectivity index (χ1v) is 8.69. The van der Waals surface area contributed by atoms with E-state index in [4.69, 9.17) is 10.5 Å². The summed E-state index contributed by atoms with van der Waals surface area (Å²) in [6, 6.07) is 7.80. The topological polar surface area (TPSA) is 80.0 Å². The Balaban J connectivity index is 1.54. The molecular formula is C18H26N4O2. The molecule has 2 aliphatic rings. The Morgan fingerprint density at radius 2 is 2.08 bits per heavy atom. The molecule has 24 heavy (non-hydrogen) atoms. The first-order chi connectivity index (χ1) is 11.6. The Kier molecular flexibility index (Phi) is 5.23. The van der Waals surface area contributed by atoms with E-state index in [0.29, 0.717) is 12.6 Å². The molecule has 0 bridgehead atoms. The molecule has 1 fully saturated rings. The first kappa shape index (κ1) is 16.6. The van der Waals surface area contributed by atoms with Crippen LogP contribution in [0.5, 0.6) is 5.75 Å². The number of piperidine rings is 1. The van der Waals surface area contributed by atoms with Gasteiger partial charge in [-0.1, -0.05) is 25.1 Å². The highest BCUT2D eigenvalue weighted by molar-refractivity contribution is 5.84. The number of hydrogen-bond donors (Lipinski definition) is 2. The van der Waals surface area contributed by atoms with Gasteiger partial charge in [-0.3, -0.25) is 4.79 Å². The second kappa shape index (κ2) is 7.55. The summed E-state index contributed by atoms with van der Waals surface area (Å²) in [6.45, 7) is 4.78. The summed E-state index contributed by atoms with van der Waals surface area (Å²) in [6.07, 6.45) is 3.02. The molecule has 1 aromatic carbocycles. The number of ether oxygens (including phenoxy) is 1. The van der Waals surface area contributed by atoms with E-state index in [1.165, 1.54) is 0 Å². The number of likely N-dealkylation sites (tertiary alicyclic amines) is 1. The van der Waals surface area contributed by atoms with Gasteiger partial charge in [0.05, 0.1) is 12.6 Å². The standard InChI is InChI=1S/C18H26N4O2/c1-13-6-9-22(10-7-13)18(19)20-12-17(23)21-15-8-11-24-16-5-3-2-4-14(15)16/h2-5,13,15H,6-12H2,1H3,(H2,19,20)(H,21,23). The molecule has 0 radical (unpaired) electrons. The summed E-state index contributed by atoms with van der Waals surface area (Å²) in [5.41, 5.74) is 7.05. The fourth-order valence-electron chi connectivity index (χ4n) is 3.22. The van der Waals surface area contributed by atoms with Crippen LogP contribution in [0, 0.1) is 5.92 Å². The number of amides is 1. The van der Waals surface area contributed by atoms with Crippen molar-refractivity contribution in [3.8, 4) is 5.75 Å². The molecule has 1 aromatic rings. The number of hydrogen-bond acceptors (Lipinski definition) is 3. The zero-order chi connectivity index (χ0) is 16.9. The monoisotopic (exact) mass is 330 g/mol. The van der Waals surface area contributed by atoms with E-state index in [-0.39, 0.29) is 18.5 Å². The van der Waals surface area contributed by atoms with Gasteiger partial charge in [0.2, 0.25) is 5.91 Å². The minimum absolute atomic E-state index is 0.0188. The van der Waals surface area contributed by atoms with Crippen molar-refractivity contribution in [2.75, 3.05) is 26.2 Å². The predicted octanol–water partition coefficient (Wildman–Crippen LogP) is 1.67. The second-order valence-electron chi connectivity index (χ2n) is 6.64. The number of rotatable bonds is 3. The van der Waals surface area contributed by atoms with Crippen molar-refractivity contribution < 1.29 is 9.53 Å². The minimum Gasteiger partial charge on any atom is -0.493 e. The Labute approximate surface area is 143 Å². The number of nitrogens with two attached hydrogens (primary N) is 1. The number of benzene rings is 1. The van der Waals surface area contributed by atoms with Crippen molar-refractivity contribution in [3.63, 3.8) is 0 Å². The van der Waals surface area contributed by atoms with Crippen molar-refractivity contribution >= 4 is 11.9 Å². The number of carbonyl (C=O) groups excluding carboxylic acids is 1. The fraction of sp³-hybridized carbons (Fsp3) is 0.556. The van der Waals surface area contributed by atoms with Crippen molar-refractivity contribution in [1.29, 1.82) is 0 Å². The first-order valence-electron chi connectivity index (χ1n) is 8.69. The fourth-order valence-corrected chi connectivity index (χ4v) is 3.22. The Morgan fingerprint density at radius 3 is 2.88 bits per heavy atom. The summed E-state index contributed by atoms with van der Waals surface area (Å²) >= 11 is 0. The second-order valence-corrected chi connectivity index (χ2v) is 6.64. The van der Waals surface area contributed by atoms with Crippen LogP contribution in [0.15, 0.2) is 29.3 Å². The number of guanidine groups is 1. The highest BCUT2D eigenvalue weighted by Crippen LogP contribution is 2.31. The summed E-state index contributed by atoms with van der Waals surface area (Å²) in [7, 11) is 0. The normalized spacial score (nSPS) is 21.8. The zero-order valence-electron chi connectivity index (χ0n) is 14.2. The molecule has 0 saturated carbocycles. The third-order valence-electron chi connectivity index (χ3n) is 4.79. The molecule has 0 spiro atoms. The summed E-state index contributed by atoms with van der Waals surface area (Å²) in [4.78, 5) is 18.6. The molecular weight excluding hydrogens is 304 g/mol. The van der Waals surface area contributed by atoms with Crippen LogP contribution in [0.25, 0.3) is 0 Å². The highest BCUT2D eigenvalue weighted by Gasteiger charge is 2.22. The van der Waals surface area contributed by atoms with Gasteiger partial charge in [-0.05, 0) is 24.8 Å². The highest BCUT2D eigenvalue weighted by atomic mass is 16.5. The largest absolute Gasteiger partial charge is 0.493 e. The van der Waals surface area contributed by atoms with E-state index in [1.54, 1.807) is 0 Å². The SMILES string of the molecule is CC1CCN(C(N)=NCC(=O)NC2CCOc3ccccc32)CC1. The number of nitrogens with one attached hydrogen (secondary N) is 1. The lowest BCUT2D eigenvalue weighted by molar-refractivity contribution is -0.120. The van der Waals surface area contributed by atoms with Gasteiger partial charge in [0.1, 0.15) is 12.3 Å². The molecule has 3 N–H and O–H groups in total. The molecule has 2 aliphatic heterocycles. The lowest BCUT2D eigenvalue weighted by Gasteiger charge is -2.31. The van der Waals surface area contributed by atoms with E-state index in [1.807, 2.05) is 24.3 Å². The molecule has 6 nitrogen and oxygen atoms in total. The van der Waals surface area contributed by atoms with Crippen LogP contribution in [0.1, 0.15) is 37.8 Å². The van der Waals surface area contributed by atoms with E-state index < -0.39 is 0 Å². The maximum Gasteiger partial charge on any atom is 0.242 e. The third-order valence-corrected chi connectivity index (χ3v) is 4.79. The average Bonchev–Trinajstić information content (AvgIpc) is 2.61. The van der Waals surface area contributed by atoms with Gasteiger partial charge < -0.3 is 20.7 Å². The molecule has 0 aromatic heterocycles. The lowest BCUT2D eigenvalue weighted by atomic mass is 10.00. The van der Waals surface area contributed by atoms with Crippen molar-refractivity contribution in [1.82, 2.24) is 10.2 Å². The third kappa shape index (κ3) is 3.99. The van der Waals surface area contributed by atoms with Crippen molar-refractivity contribution in [2.24, 2.45) is 16.6 Å². The van der Waals surface area contributed by atoms with Crippen LogP contribution in [-0.2, 0) is 4.79 Å².